The molecule has 0 bridgehead atoms. The van der Waals surface area contributed by atoms with Crippen LogP contribution in [0.15, 0.2) is 66.7 Å². The number of hydrogen-bond acceptors (Lipinski definition) is 6. The first kappa shape index (κ1) is 25.9. The molecule has 3 aromatic carbocycles. The van der Waals surface area contributed by atoms with Crippen molar-refractivity contribution in [2.24, 2.45) is 0 Å². The number of ether oxygens (including phenoxy) is 3. The van der Waals surface area contributed by atoms with Crippen LogP contribution < -0.4 is 23.8 Å². The van der Waals surface area contributed by atoms with E-state index in [0.717, 1.165) is 17.4 Å². The van der Waals surface area contributed by atoms with Gasteiger partial charge in [-0.15, -0.1) is 0 Å². The average molecular weight is 499 g/mol. The van der Waals surface area contributed by atoms with Crippen LogP contribution in [0.2, 0.25) is 0 Å². The zero-order chi connectivity index (χ0) is 25.6. The Morgan fingerprint density at radius 1 is 0.914 bits per heavy atom. The van der Waals surface area contributed by atoms with Crippen LogP contribution in [-0.4, -0.2) is 41.9 Å². The van der Waals surface area contributed by atoms with Gasteiger partial charge in [0.15, 0.2) is 11.5 Å². The van der Waals surface area contributed by atoms with Crippen molar-refractivity contribution in [2.45, 2.75) is 19.5 Å². The number of benzene rings is 3. The molecule has 0 heterocycles. The Morgan fingerprint density at radius 2 is 1.51 bits per heavy atom. The van der Waals surface area contributed by atoms with E-state index in [1.54, 1.807) is 7.11 Å². The number of rotatable bonds is 10. The Balaban J connectivity index is 2.05. The van der Waals surface area contributed by atoms with Crippen molar-refractivity contribution in [2.75, 3.05) is 31.9 Å². The molecule has 3 aromatic rings. The Morgan fingerprint density at radius 3 is 2.06 bits per heavy atom. The minimum Gasteiger partial charge on any atom is -0.497 e. The number of nitrogens with zero attached hydrogens (tertiary/aromatic N) is 1. The van der Waals surface area contributed by atoms with Crippen LogP contribution in [0.5, 0.6) is 17.2 Å². The Bertz CT molecular complexity index is 1260. The van der Waals surface area contributed by atoms with Crippen LogP contribution in [-0.2, 0) is 16.6 Å². The first-order valence-electron chi connectivity index (χ1n) is 10.9. The van der Waals surface area contributed by atoms with E-state index in [1.165, 1.54) is 30.7 Å². The number of carbonyl (C=O) groups is 1. The Kier molecular flexibility index (Phi) is 8.24. The maximum absolute atomic E-state index is 13.5. The molecule has 0 spiro atoms. The molecular weight excluding hydrogens is 468 g/mol. The summed E-state index contributed by atoms with van der Waals surface area (Å²) in [6.07, 6.45) is 1.11. The molecule has 1 atom stereocenters. The van der Waals surface area contributed by atoms with Gasteiger partial charge in [-0.1, -0.05) is 42.5 Å². The van der Waals surface area contributed by atoms with Crippen molar-refractivity contribution in [1.29, 1.82) is 0 Å². The molecule has 9 heteroatoms. The summed E-state index contributed by atoms with van der Waals surface area (Å²) in [7, 11) is 0.732. The summed E-state index contributed by atoms with van der Waals surface area (Å²) in [5.74, 6) is 0.876. The molecule has 0 saturated heterocycles. The summed E-state index contributed by atoms with van der Waals surface area (Å²) < 4.78 is 42.9. The molecular formula is C26H30N2O6S. The SMILES string of the molecule is COc1ccc([C@@H](C)NC(=O)c2cc(OC)c(OC)cc2N(Cc2ccccc2)S(C)(=O)=O)cc1. The second kappa shape index (κ2) is 11.1. The number of methoxy groups -OCH3 is 3. The first-order valence-corrected chi connectivity index (χ1v) is 12.7. The van der Waals surface area contributed by atoms with Gasteiger partial charge >= 0.3 is 0 Å². The average Bonchev–Trinajstić information content (AvgIpc) is 2.86. The van der Waals surface area contributed by atoms with Crippen molar-refractivity contribution in [3.63, 3.8) is 0 Å². The molecule has 3 rings (SSSR count). The fourth-order valence-electron chi connectivity index (χ4n) is 3.64. The monoisotopic (exact) mass is 498 g/mol. The third-order valence-corrected chi connectivity index (χ3v) is 6.67. The molecule has 1 N–H and O–H groups in total. The number of nitrogens with one attached hydrogen (secondary N) is 1. The summed E-state index contributed by atoms with van der Waals surface area (Å²) in [4.78, 5) is 13.5. The molecule has 0 aromatic heterocycles. The topological polar surface area (TPSA) is 94.2 Å². The van der Waals surface area contributed by atoms with Gasteiger partial charge in [0.1, 0.15) is 5.75 Å². The smallest absolute Gasteiger partial charge is 0.254 e. The lowest BCUT2D eigenvalue weighted by Gasteiger charge is -2.26. The van der Waals surface area contributed by atoms with E-state index in [1.807, 2.05) is 61.5 Å². The van der Waals surface area contributed by atoms with Crippen LogP contribution in [0.25, 0.3) is 0 Å². The van der Waals surface area contributed by atoms with Gasteiger partial charge in [-0.25, -0.2) is 8.42 Å². The maximum atomic E-state index is 13.5. The minimum atomic E-state index is -3.76. The lowest BCUT2D eigenvalue weighted by atomic mass is 10.1. The minimum absolute atomic E-state index is 0.0451. The lowest BCUT2D eigenvalue weighted by Crippen LogP contribution is -2.33. The summed E-state index contributed by atoms with van der Waals surface area (Å²) in [6.45, 7) is 1.89. The highest BCUT2D eigenvalue weighted by atomic mass is 32.2. The Hall–Kier alpha value is -3.72. The summed E-state index contributed by atoms with van der Waals surface area (Å²) in [6, 6.07) is 19.1. The molecule has 35 heavy (non-hydrogen) atoms. The molecule has 0 aliphatic rings. The summed E-state index contributed by atoms with van der Waals surface area (Å²) >= 11 is 0. The van der Waals surface area contributed by atoms with Crippen LogP contribution in [0.3, 0.4) is 0 Å². The van der Waals surface area contributed by atoms with Crippen LogP contribution >= 0.6 is 0 Å². The van der Waals surface area contributed by atoms with Gasteiger partial charge in [0.05, 0.1) is 51.4 Å². The number of sulfonamides is 1. The van der Waals surface area contributed by atoms with Crippen molar-refractivity contribution >= 4 is 21.6 Å². The molecule has 0 fully saturated rings. The van der Waals surface area contributed by atoms with Crippen molar-refractivity contribution < 1.29 is 27.4 Å². The standard InChI is InChI=1S/C26H30N2O6S/c1-18(20-11-13-21(32-2)14-12-20)27-26(29)22-15-24(33-3)25(34-4)16-23(22)28(35(5,30)31)17-19-9-7-6-8-10-19/h6-16,18H,17H2,1-5H3,(H,27,29)/t18-/m1/s1. The van der Waals surface area contributed by atoms with Gasteiger partial charge in [0.25, 0.3) is 5.91 Å². The number of anilines is 1. The fourth-order valence-corrected chi connectivity index (χ4v) is 4.53. The lowest BCUT2D eigenvalue weighted by molar-refractivity contribution is 0.0940. The zero-order valence-electron chi connectivity index (χ0n) is 20.4. The van der Waals surface area contributed by atoms with E-state index in [-0.39, 0.29) is 23.8 Å². The summed E-state index contributed by atoms with van der Waals surface area (Å²) in [5, 5.41) is 2.95. The van der Waals surface area contributed by atoms with Crippen LogP contribution in [0.1, 0.15) is 34.5 Å². The van der Waals surface area contributed by atoms with Gasteiger partial charge in [-0.3, -0.25) is 9.10 Å². The van der Waals surface area contributed by atoms with E-state index in [9.17, 15) is 13.2 Å². The van der Waals surface area contributed by atoms with Gasteiger partial charge in [-0.05, 0) is 36.2 Å². The molecule has 0 aliphatic carbocycles. The fraction of sp³-hybridized carbons (Fsp3) is 0.269. The van der Waals surface area contributed by atoms with Crippen molar-refractivity contribution in [3.8, 4) is 17.2 Å². The molecule has 0 radical (unpaired) electrons. The van der Waals surface area contributed by atoms with E-state index in [2.05, 4.69) is 5.32 Å². The quantitative estimate of drug-likeness (QED) is 0.451. The van der Waals surface area contributed by atoms with E-state index >= 15 is 0 Å². The van der Waals surface area contributed by atoms with Crippen LogP contribution in [0, 0.1) is 0 Å². The second-order valence-corrected chi connectivity index (χ2v) is 9.85. The third kappa shape index (κ3) is 6.24. The van der Waals surface area contributed by atoms with E-state index in [4.69, 9.17) is 14.2 Å². The van der Waals surface area contributed by atoms with E-state index < -0.39 is 15.9 Å². The highest BCUT2D eigenvalue weighted by molar-refractivity contribution is 7.92. The molecule has 8 nitrogen and oxygen atoms in total. The third-order valence-electron chi connectivity index (χ3n) is 5.55. The largest absolute Gasteiger partial charge is 0.497 e. The second-order valence-electron chi connectivity index (χ2n) is 7.95. The number of amides is 1. The molecule has 0 aliphatic heterocycles. The van der Waals surface area contributed by atoms with Crippen molar-refractivity contribution in [3.05, 3.63) is 83.4 Å². The van der Waals surface area contributed by atoms with Gasteiger partial charge in [0, 0.05) is 6.07 Å². The normalized spacial score (nSPS) is 11.9. The number of hydrogen-bond donors (Lipinski definition) is 1. The van der Waals surface area contributed by atoms with E-state index in [0.29, 0.717) is 17.2 Å². The molecule has 0 saturated carbocycles. The number of carbonyl (C=O) groups excluding carboxylic acids is 1. The predicted molar refractivity (Wildman–Crippen MR) is 136 cm³/mol. The molecule has 1 amide bonds. The van der Waals surface area contributed by atoms with Crippen molar-refractivity contribution in [1.82, 2.24) is 5.32 Å². The summed E-state index contributed by atoms with van der Waals surface area (Å²) in [5.41, 5.74) is 1.97. The molecule has 186 valence electrons. The van der Waals surface area contributed by atoms with Gasteiger partial charge < -0.3 is 19.5 Å². The maximum Gasteiger partial charge on any atom is 0.254 e. The zero-order valence-corrected chi connectivity index (χ0v) is 21.3. The highest BCUT2D eigenvalue weighted by Crippen LogP contribution is 2.37. The Labute approximate surface area is 206 Å². The first-order chi connectivity index (χ1) is 16.7. The predicted octanol–water partition coefficient (Wildman–Crippen LogP) is 4.17. The molecule has 0 unspecified atom stereocenters. The van der Waals surface area contributed by atoms with Gasteiger partial charge in [0.2, 0.25) is 10.0 Å². The highest BCUT2D eigenvalue weighted by Gasteiger charge is 2.27. The van der Waals surface area contributed by atoms with Gasteiger partial charge in [-0.2, -0.15) is 0 Å². The van der Waals surface area contributed by atoms with Crippen LogP contribution in [0.4, 0.5) is 5.69 Å².